The average Bonchev–Trinajstić information content (AvgIpc) is 2.67. The third kappa shape index (κ3) is 43.4. The van der Waals surface area contributed by atoms with Crippen LogP contribution in [0.15, 0.2) is 60.8 Å². The van der Waals surface area contributed by atoms with E-state index in [1.807, 2.05) is 6.92 Å². The molecule has 0 aliphatic carbocycles. The van der Waals surface area contributed by atoms with Gasteiger partial charge in [0.05, 0.1) is 0 Å². The van der Waals surface area contributed by atoms with Gasteiger partial charge in [-0.1, -0.05) is 114 Å². The van der Waals surface area contributed by atoms with Crippen LogP contribution in [0, 0.1) is 0 Å². The molecule has 0 aliphatic rings. The SMILES string of the molecule is CC=CCC=CCCC.CC=CCCC.CCC=CCC=CCCCC. The Balaban J connectivity index is -0.000000319. The zero-order valence-electron chi connectivity index (χ0n) is 18.8. The molecule has 0 aromatic rings. The minimum absolute atomic E-state index is 1.09. The van der Waals surface area contributed by atoms with E-state index in [9.17, 15) is 0 Å². The van der Waals surface area contributed by atoms with Crippen LogP contribution in [0.25, 0.3) is 0 Å². The molecule has 26 heavy (non-hydrogen) atoms. The van der Waals surface area contributed by atoms with Crippen LogP contribution in [0.2, 0.25) is 0 Å². The maximum Gasteiger partial charge on any atom is -0.0169 e. The standard InChI is InChI=1S/C11H20.C9H16.C6H12/c1-3-5-7-9-11-10-8-6-4-2;1-3-5-7-9-8-6-4-2;1-3-5-6-4-2/h5,7,10-11H,3-4,6,8-9H2,1-2H3;3,5,8-9H,4,6-7H2,1-2H3;3,5H,4,6H2,1-2H3. The van der Waals surface area contributed by atoms with Gasteiger partial charge in [0.15, 0.2) is 0 Å². The van der Waals surface area contributed by atoms with E-state index in [0.717, 1.165) is 19.3 Å². The minimum atomic E-state index is 1.09. The van der Waals surface area contributed by atoms with Crippen molar-refractivity contribution < 1.29 is 0 Å². The van der Waals surface area contributed by atoms with E-state index in [2.05, 4.69) is 95.4 Å². The van der Waals surface area contributed by atoms with Gasteiger partial charge in [-0.05, 0) is 52.4 Å². The molecule has 0 aromatic carbocycles. The van der Waals surface area contributed by atoms with Crippen molar-refractivity contribution in [1.29, 1.82) is 0 Å². The predicted molar refractivity (Wildman–Crippen MR) is 126 cm³/mol. The summed E-state index contributed by atoms with van der Waals surface area (Å²) in [6.45, 7) is 12.9. The summed E-state index contributed by atoms with van der Waals surface area (Å²) < 4.78 is 0. The fraction of sp³-hybridized carbons (Fsp3) is 0.615. The van der Waals surface area contributed by atoms with Crippen molar-refractivity contribution in [2.24, 2.45) is 0 Å². The third-order valence-corrected chi connectivity index (χ3v) is 3.39. The Kier molecular flexibility index (Phi) is 39.6. The second kappa shape index (κ2) is 34.9. The van der Waals surface area contributed by atoms with Crippen LogP contribution in [-0.2, 0) is 0 Å². The Morgan fingerprint density at radius 2 is 0.962 bits per heavy atom. The molecule has 0 heterocycles. The maximum absolute atomic E-state index is 2.28. The van der Waals surface area contributed by atoms with Crippen molar-refractivity contribution in [2.45, 2.75) is 106 Å². The summed E-state index contributed by atoms with van der Waals surface area (Å²) in [6, 6.07) is 0. The van der Waals surface area contributed by atoms with Crippen molar-refractivity contribution in [3.8, 4) is 0 Å². The van der Waals surface area contributed by atoms with Gasteiger partial charge in [-0.25, -0.2) is 0 Å². The Morgan fingerprint density at radius 1 is 0.462 bits per heavy atom. The monoisotopic (exact) mass is 360 g/mol. The first-order chi connectivity index (χ1) is 12.7. The van der Waals surface area contributed by atoms with Crippen molar-refractivity contribution in [3.05, 3.63) is 60.8 Å². The smallest absolute Gasteiger partial charge is 0.0169 e. The minimum Gasteiger partial charge on any atom is -0.0917 e. The zero-order valence-corrected chi connectivity index (χ0v) is 18.8. The van der Waals surface area contributed by atoms with Gasteiger partial charge in [0.2, 0.25) is 0 Å². The summed E-state index contributed by atoms with van der Waals surface area (Å²) in [7, 11) is 0. The van der Waals surface area contributed by atoms with E-state index < -0.39 is 0 Å². The van der Waals surface area contributed by atoms with Gasteiger partial charge in [0.25, 0.3) is 0 Å². The first-order valence-corrected chi connectivity index (χ1v) is 10.9. The quantitative estimate of drug-likeness (QED) is 0.240. The topological polar surface area (TPSA) is 0 Å². The molecule has 0 aromatic heterocycles. The molecule has 0 saturated carbocycles. The lowest BCUT2D eigenvalue weighted by atomic mass is 10.2. The van der Waals surface area contributed by atoms with E-state index >= 15 is 0 Å². The Labute approximate surface area is 166 Å². The Hall–Kier alpha value is -1.30. The van der Waals surface area contributed by atoms with E-state index in [-0.39, 0.29) is 0 Å². The number of hydrogen-bond donors (Lipinski definition) is 0. The van der Waals surface area contributed by atoms with Crippen molar-refractivity contribution in [1.82, 2.24) is 0 Å². The zero-order chi connectivity index (χ0) is 20.1. The summed E-state index contributed by atoms with van der Waals surface area (Å²) in [5.74, 6) is 0. The van der Waals surface area contributed by atoms with Gasteiger partial charge >= 0.3 is 0 Å². The van der Waals surface area contributed by atoms with Gasteiger partial charge in [-0.15, -0.1) is 0 Å². The van der Waals surface area contributed by atoms with E-state index in [1.54, 1.807) is 0 Å². The van der Waals surface area contributed by atoms with Gasteiger partial charge in [-0.2, -0.15) is 0 Å². The molecule has 0 unspecified atom stereocenters. The highest BCUT2D eigenvalue weighted by atomic mass is 13.8. The number of hydrogen-bond acceptors (Lipinski definition) is 0. The first kappa shape index (κ1) is 29.5. The van der Waals surface area contributed by atoms with E-state index in [1.165, 1.54) is 44.9 Å². The van der Waals surface area contributed by atoms with Gasteiger partial charge in [0, 0.05) is 0 Å². The number of unbranched alkanes of at least 4 members (excludes halogenated alkanes) is 4. The molecule has 0 aliphatic heterocycles. The van der Waals surface area contributed by atoms with Crippen molar-refractivity contribution in [3.63, 3.8) is 0 Å². The molecule has 0 N–H and O–H groups in total. The number of rotatable bonds is 12. The highest BCUT2D eigenvalue weighted by molar-refractivity contribution is 4.92. The molecule has 0 fully saturated rings. The summed E-state index contributed by atoms with van der Waals surface area (Å²) in [6.07, 6.45) is 34.1. The van der Waals surface area contributed by atoms with Crippen molar-refractivity contribution in [2.75, 3.05) is 0 Å². The molecule has 0 amide bonds. The highest BCUT2D eigenvalue weighted by Gasteiger charge is 1.76. The Bertz CT molecular complexity index is 339. The lowest BCUT2D eigenvalue weighted by Gasteiger charge is -1.86. The molecule has 0 nitrogen and oxygen atoms in total. The van der Waals surface area contributed by atoms with Gasteiger partial charge < -0.3 is 0 Å². The molecular weight excluding hydrogens is 312 g/mol. The van der Waals surface area contributed by atoms with Crippen LogP contribution in [0.1, 0.15) is 106 Å². The van der Waals surface area contributed by atoms with Crippen LogP contribution in [0.5, 0.6) is 0 Å². The molecule has 0 saturated heterocycles. The van der Waals surface area contributed by atoms with Crippen LogP contribution in [0.3, 0.4) is 0 Å². The molecule has 152 valence electrons. The fourth-order valence-corrected chi connectivity index (χ4v) is 1.81. The molecular formula is C26H48. The normalized spacial score (nSPS) is 11.5. The average molecular weight is 361 g/mol. The molecule has 0 atom stereocenters. The molecule has 0 rings (SSSR count). The van der Waals surface area contributed by atoms with Crippen LogP contribution < -0.4 is 0 Å². The second-order valence-corrected chi connectivity index (χ2v) is 6.15. The van der Waals surface area contributed by atoms with E-state index in [0.29, 0.717) is 0 Å². The van der Waals surface area contributed by atoms with Crippen LogP contribution in [0.4, 0.5) is 0 Å². The maximum atomic E-state index is 2.28. The summed E-state index contributed by atoms with van der Waals surface area (Å²) in [4.78, 5) is 0. The van der Waals surface area contributed by atoms with Crippen LogP contribution in [-0.4, -0.2) is 0 Å². The first-order valence-electron chi connectivity index (χ1n) is 10.9. The highest BCUT2D eigenvalue weighted by Crippen LogP contribution is 1.96. The summed E-state index contributed by atoms with van der Waals surface area (Å²) in [5.41, 5.74) is 0. The second-order valence-electron chi connectivity index (χ2n) is 6.15. The molecule has 0 spiro atoms. The Morgan fingerprint density at radius 3 is 1.42 bits per heavy atom. The number of allylic oxidation sites excluding steroid dienone is 10. The lowest BCUT2D eigenvalue weighted by molar-refractivity contribution is 0.813. The largest absolute Gasteiger partial charge is 0.0917 e. The van der Waals surface area contributed by atoms with Gasteiger partial charge in [0.1, 0.15) is 0 Å². The predicted octanol–water partition coefficient (Wildman–Crippen LogP) is 9.76. The molecule has 0 bridgehead atoms. The van der Waals surface area contributed by atoms with Crippen molar-refractivity contribution >= 4 is 0 Å². The van der Waals surface area contributed by atoms with E-state index in [4.69, 9.17) is 0 Å². The molecule has 0 radical (unpaired) electrons. The van der Waals surface area contributed by atoms with Crippen LogP contribution >= 0.6 is 0 Å². The summed E-state index contributed by atoms with van der Waals surface area (Å²) >= 11 is 0. The summed E-state index contributed by atoms with van der Waals surface area (Å²) in [5, 5.41) is 0. The third-order valence-electron chi connectivity index (χ3n) is 3.39. The van der Waals surface area contributed by atoms with Gasteiger partial charge in [-0.3, -0.25) is 0 Å². The lowest BCUT2D eigenvalue weighted by Crippen LogP contribution is -1.66. The fourth-order valence-electron chi connectivity index (χ4n) is 1.81. The molecule has 0 heteroatoms.